The highest BCUT2D eigenvalue weighted by molar-refractivity contribution is 7.14. The molecule has 0 atom stereocenters. The van der Waals surface area contributed by atoms with Gasteiger partial charge in [0.05, 0.1) is 10.6 Å². The first kappa shape index (κ1) is 19.4. The molecule has 0 aliphatic rings. The van der Waals surface area contributed by atoms with Crippen molar-refractivity contribution in [2.75, 3.05) is 5.32 Å². The van der Waals surface area contributed by atoms with E-state index >= 15 is 0 Å². The van der Waals surface area contributed by atoms with E-state index in [0.717, 1.165) is 16.9 Å². The molecule has 28 heavy (non-hydrogen) atoms. The number of H-pyrrole nitrogens is 1. The summed E-state index contributed by atoms with van der Waals surface area (Å²) in [6.07, 6.45) is 0. The van der Waals surface area contributed by atoms with E-state index in [9.17, 15) is 19.5 Å². The van der Waals surface area contributed by atoms with Crippen LogP contribution in [0.4, 0.5) is 10.5 Å². The van der Waals surface area contributed by atoms with Crippen LogP contribution in [-0.2, 0) is 6.54 Å². The van der Waals surface area contributed by atoms with Gasteiger partial charge in [-0.05, 0) is 29.1 Å². The Kier molecular flexibility index (Phi) is 5.62. The Morgan fingerprint density at radius 3 is 2.79 bits per heavy atom. The van der Waals surface area contributed by atoms with Crippen LogP contribution in [0.3, 0.4) is 0 Å². The molecule has 11 heteroatoms. The second-order valence-electron chi connectivity index (χ2n) is 5.52. The number of carboxylic acids is 1. The molecule has 3 rings (SSSR count). The van der Waals surface area contributed by atoms with Gasteiger partial charge in [-0.1, -0.05) is 23.7 Å². The van der Waals surface area contributed by atoms with E-state index < -0.39 is 29.0 Å². The molecule has 144 valence electrons. The summed E-state index contributed by atoms with van der Waals surface area (Å²) in [5.41, 5.74) is -0.640. The molecule has 2 amide bonds. The number of benzene rings is 1. The summed E-state index contributed by atoms with van der Waals surface area (Å²) in [5, 5.41) is 26.1. The molecule has 9 nitrogen and oxygen atoms in total. The Morgan fingerprint density at radius 2 is 2.07 bits per heavy atom. The first-order valence-corrected chi connectivity index (χ1v) is 9.04. The quantitative estimate of drug-likeness (QED) is 0.429. The molecule has 0 unspecified atom stereocenters. The molecule has 0 bridgehead atoms. The number of aromatic nitrogens is 2. The van der Waals surface area contributed by atoms with Crippen LogP contribution in [0.25, 0.3) is 10.7 Å². The minimum absolute atomic E-state index is 0.0830. The lowest BCUT2D eigenvalue weighted by Crippen LogP contribution is -2.28. The number of carbonyl (C=O) groups is 2. The third kappa shape index (κ3) is 4.30. The Bertz CT molecular complexity index is 1110. The van der Waals surface area contributed by atoms with Crippen LogP contribution in [0.1, 0.15) is 16.1 Å². The molecule has 0 spiro atoms. The second kappa shape index (κ2) is 8.11. The minimum atomic E-state index is -1.55. The van der Waals surface area contributed by atoms with Gasteiger partial charge in [0.1, 0.15) is 0 Å². The molecule has 0 radical (unpaired) electrons. The fourth-order valence-corrected chi connectivity index (χ4v) is 3.32. The molecule has 3 aromatic rings. The summed E-state index contributed by atoms with van der Waals surface area (Å²) < 4.78 is 0. The molecule has 2 aromatic heterocycles. The van der Waals surface area contributed by atoms with Gasteiger partial charge in [-0.2, -0.15) is 0 Å². The lowest BCUT2D eigenvalue weighted by molar-refractivity contribution is 0.0686. The summed E-state index contributed by atoms with van der Waals surface area (Å²) in [6, 6.07) is 8.07. The number of nitrogens with one attached hydrogen (secondary N) is 3. The number of aromatic carboxylic acids is 1. The van der Waals surface area contributed by atoms with E-state index in [1.54, 1.807) is 35.7 Å². The average Bonchev–Trinajstić information content (AvgIpc) is 3.10. The van der Waals surface area contributed by atoms with Crippen molar-refractivity contribution in [3.63, 3.8) is 0 Å². The molecule has 0 aliphatic carbocycles. The average molecular weight is 421 g/mol. The highest BCUT2D eigenvalue weighted by Gasteiger charge is 2.20. The number of carbonyl (C=O) groups excluding carboxylic acids is 1. The minimum Gasteiger partial charge on any atom is -0.501 e. The SMILES string of the molecule is O=C(NCc1cccc(Cl)c1)Nc1ccsc1-c1nc(C(=O)O)c(O)c(=O)[nH]1. The Labute approximate surface area is 166 Å². The molecule has 5 N–H and O–H groups in total. The van der Waals surface area contributed by atoms with Gasteiger partial charge < -0.3 is 25.8 Å². The second-order valence-corrected chi connectivity index (χ2v) is 6.87. The van der Waals surface area contributed by atoms with Crippen LogP contribution in [-0.4, -0.2) is 32.2 Å². The van der Waals surface area contributed by atoms with Crippen molar-refractivity contribution < 1.29 is 19.8 Å². The number of nitrogens with zero attached hydrogens (tertiary/aromatic N) is 1. The highest BCUT2D eigenvalue weighted by atomic mass is 35.5. The zero-order valence-corrected chi connectivity index (χ0v) is 15.6. The smallest absolute Gasteiger partial charge is 0.358 e. The lowest BCUT2D eigenvalue weighted by atomic mass is 10.2. The maximum Gasteiger partial charge on any atom is 0.358 e. The number of hydrogen-bond donors (Lipinski definition) is 5. The maximum atomic E-state index is 12.2. The largest absolute Gasteiger partial charge is 0.501 e. The van der Waals surface area contributed by atoms with Gasteiger partial charge in [0.25, 0.3) is 5.56 Å². The van der Waals surface area contributed by atoms with Gasteiger partial charge in [0.15, 0.2) is 11.5 Å². The monoisotopic (exact) mass is 420 g/mol. The van der Waals surface area contributed by atoms with Gasteiger partial charge in [-0.15, -0.1) is 11.3 Å². The van der Waals surface area contributed by atoms with Crippen molar-refractivity contribution in [3.8, 4) is 16.5 Å². The molecule has 0 saturated carbocycles. The van der Waals surface area contributed by atoms with Crippen molar-refractivity contribution in [1.82, 2.24) is 15.3 Å². The predicted octanol–water partition coefficient (Wildman–Crippen LogP) is 2.88. The summed E-state index contributed by atoms with van der Waals surface area (Å²) in [7, 11) is 0. The zero-order chi connectivity index (χ0) is 20.3. The fourth-order valence-electron chi connectivity index (χ4n) is 2.31. The standard InChI is InChI=1S/C17H13ClN4O5S/c18-9-3-1-2-8(6-9)7-19-17(27)20-10-4-5-28-13(10)14-21-11(16(25)26)12(23)15(24)22-14/h1-6,23H,7H2,(H,25,26)(H2,19,20,27)(H,21,22,24). The van der Waals surface area contributed by atoms with E-state index in [1.165, 1.54) is 0 Å². The van der Waals surface area contributed by atoms with Crippen molar-refractivity contribution in [1.29, 1.82) is 0 Å². The van der Waals surface area contributed by atoms with Gasteiger partial charge in [0, 0.05) is 11.6 Å². The van der Waals surface area contributed by atoms with Crippen LogP contribution < -0.4 is 16.2 Å². The number of urea groups is 1. The molecule has 0 aliphatic heterocycles. The van der Waals surface area contributed by atoms with E-state index in [0.29, 0.717) is 15.6 Å². The molecule has 0 fully saturated rings. The third-order valence-electron chi connectivity index (χ3n) is 3.57. The van der Waals surface area contributed by atoms with Crippen LogP contribution in [0, 0.1) is 0 Å². The molecule has 0 saturated heterocycles. The first-order valence-electron chi connectivity index (χ1n) is 7.79. The van der Waals surface area contributed by atoms with Crippen LogP contribution in [0.15, 0.2) is 40.5 Å². The predicted molar refractivity (Wildman–Crippen MR) is 104 cm³/mol. The van der Waals surface area contributed by atoms with Crippen LogP contribution >= 0.6 is 22.9 Å². The summed E-state index contributed by atoms with van der Waals surface area (Å²) >= 11 is 7.03. The van der Waals surface area contributed by atoms with Crippen molar-refractivity contribution in [2.24, 2.45) is 0 Å². The normalized spacial score (nSPS) is 10.5. The Balaban J connectivity index is 1.78. The summed E-state index contributed by atoms with van der Waals surface area (Å²) in [5.74, 6) is -2.61. The number of anilines is 1. The van der Waals surface area contributed by atoms with Crippen LogP contribution in [0.2, 0.25) is 5.02 Å². The van der Waals surface area contributed by atoms with E-state index in [2.05, 4.69) is 20.6 Å². The number of carboxylic acid groups (broad SMARTS) is 1. The zero-order valence-electron chi connectivity index (χ0n) is 14.0. The van der Waals surface area contributed by atoms with Crippen molar-refractivity contribution in [2.45, 2.75) is 6.54 Å². The summed E-state index contributed by atoms with van der Waals surface area (Å²) in [6.45, 7) is 0.239. The van der Waals surface area contributed by atoms with Gasteiger partial charge in [-0.3, -0.25) is 4.79 Å². The number of aromatic amines is 1. The topological polar surface area (TPSA) is 144 Å². The number of amides is 2. The highest BCUT2D eigenvalue weighted by Crippen LogP contribution is 2.31. The Morgan fingerprint density at radius 1 is 1.29 bits per heavy atom. The van der Waals surface area contributed by atoms with Gasteiger partial charge in [-0.25, -0.2) is 14.6 Å². The maximum absolute atomic E-state index is 12.2. The van der Waals surface area contributed by atoms with Crippen molar-refractivity contribution in [3.05, 3.63) is 62.3 Å². The number of thiophene rings is 1. The molecular formula is C17H13ClN4O5S. The molecule has 1 aromatic carbocycles. The van der Waals surface area contributed by atoms with E-state index in [1.807, 2.05) is 0 Å². The van der Waals surface area contributed by atoms with Gasteiger partial charge in [0.2, 0.25) is 5.75 Å². The Hall–Kier alpha value is -3.37. The third-order valence-corrected chi connectivity index (χ3v) is 4.72. The first-order chi connectivity index (χ1) is 13.3. The van der Waals surface area contributed by atoms with E-state index in [4.69, 9.17) is 16.7 Å². The molecule has 2 heterocycles. The number of halogens is 1. The molecular weight excluding hydrogens is 408 g/mol. The van der Waals surface area contributed by atoms with Crippen LogP contribution in [0.5, 0.6) is 5.75 Å². The lowest BCUT2D eigenvalue weighted by Gasteiger charge is -2.09. The van der Waals surface area contributed by atoms with Crippen molar-refractivity contribution >= 4 is 40.6 Å². The van der Waals surface area contributed by atoms with Gasteiger partial charge >= 0.3 is 12.0 Å². The number of hydrogen-bond acceptors (Lipinski definition) is 6. The number of aromatic hydroxyl groups is 1. The summed E-state index contributed by atoms with van der Waals surface area (Å²) in [4.78, 5) is 41.5. The van der Waals surface area contributed by atoms with E-state index in [-0.39, 0.29) is 12.4 Å². The number of rotatable bonds is 5. The fraction of sp³-hybridized carbons (Fsp3) is 0.0588.